The molecule has 0 fully saturated rings. The fraction of sp³-hybridized carbons (Fsp3) is 0. The van der Waals surface area contributed by atoms with Crippen molar-refractivity contribution in [2.45, 2.75) is 0 Å². The zero-order chi connectivity index (χ0) is 68.5. The van der Waals surface area contributed by atoms with Crippen molar-refractivity contribution in [3.8, 4) is 563 Å². The summed E-state index contributed by atoms with van der Waals surface area (Å²) in [6.45, 7) is 0. The van der Waals surface area contributed by atoms with Crippen molar-refractivity contribution in [2.75, 3.05) is 0 Å². The zero-order valence-electron chi connectivity index (χ0n) is 48.0. The molecule has 0 amide bonds. The fourth-order valence-corrected chi connectivity index (χ4v) is 2.88. The molecule has 0 radical (unpaired) electrons. The van der Waals surface area contributed by atoms with Crippen LogP contribution in [0.15, 0.2) is 0 Å². The summed E-state index contributed by atoms with van der Waals surface area (Å²) in [6.07, 6.45) is 4.95. The van der Waals surface area contributed by atoms with E-state index in [2.05, 4.69) is 551 Å². The Hall–Kier alpha value is -21.2. The lowest BCUT2D eigenvalue weighted by molar-refractivity contribution is 1.55. The van der Waals surface area contributed by atoms with E-state index in [-0.39, 0.29) is 0 Å². The van der Waals surface area contributed by atoms with Crippen LogP contribution in [0.1, 0.15) is 0 Å². The van der Waals surface area contributed by atoms with Gasteiger partial charge in [0, 0.05) is 503 Å². The molecule has 386 valence electrons. The molecular weight excluding hydrogens is 1160 g/mol. The van der Waals surface area contributed by atoms with E-state index in [1.807, 2.05) is 0 Å². The summed E-state index contributed by atoms with van der Waals surface area (Å²) in [6, 6.07) is 1.62. The second kappa shape index (κ2) is 73.8. The topological polar surface area (TPSA) is 23.8 Å². The molecule has 0 bridgehead atoms. The minimum atomic E-state index is 1.62. The van der Waals surface area contributed by atoms with Crippen LogP contribution in [0.25, 0.3) is 0 Å². The van der Waals surface area contributed by atoms with Gasteiger partial charge in [-0.05, 0) is 47.4 Å². The van der Waals surface area contributed by atoms with Gasteiger partial charge in [0.15, 0.2) is 6.07 Å². The number of rotatable bonds is 0. The second-order valence-electron chi connectivity index (χ2n) is 11.8. The average molecular weight is 1160 g/mol. The van der Waals surface area contributed by atoms with Crippen LogP contribution in [0.4, 0.5) is 0 Å². The van der Waals surface area contributed by atoms with Gasteiger partial charge in [-0.15, -0.1) is 6.42 Å². The van der Waals surface area contributed by atoms with Gasteiger partial charge in [0.25, 0.3) is 0 Å². The normalized spacial score (nSPS) is 3.94. The molecule has 0 aliphatic heterocycles. The van der Waals surface area contributed by atoms with Crippen molar-refractivity contribution in [1.82, 2.24) is 0 Å². The van der Waals surface area contributed by atoms with Crippen LogP contribution in [0.5, 0.6) is 0 Å². The SMILES string of the molecule is C#CC#CC#CC#CC#CC#CC#CC#CC#CC#CC#CC#CC#CC#CC#CC#CC#CC#CC#CC#CC#CC#CC#CC#CC#CC#CC#CC#CC#CC#CC#CC#CC#CC#CC#CC#CC#CC#CC#CC#CC#CC#CC#CC#CC#CC#CC#CC#N. The number of hydrogen-bond acceptors (Lipinski definition) is 1. The summed E-state index contributed by atoms with van der Waals surface area (Å²) >= 11 is 0. The molecule has 0 aromatic heterocycles. The molecule has 1 nitrogen and oxygen atoms in total. The molecule has 0 N–H and O–H groups in total. The molecule has 0 rings (SSSR count). The Kier molecular flexibility index (Phi) is 57.5. The molecule has 0 atom stereocenters. The maximum atomic E-state index is 8.22. The van der Waals surface area contributed by atoms with E-state index in [0.29, 0.717) is 0 Å². The average Bonchev–Trinajstić information content (AvgIpc) is 3.61. The van der Waals surface area contributed by atoms with E-state index >= 15 is 0 Å². The summed E-state index contributed by atoms with van der Waals surface area (Å²) in [5.41, 5.74) is 0. The maximum absolute atomic E-state index is 8.22. The van der Waals surface area contributed by atoms with Crippen LogP contribution in [0.2, 0.25) is 0 Å². The highest BCUT2D eigenvalue weighted by atomic mass is 14.2. The Balaban J connectivity index is 4.63. The largest absolute Gasteiger partial charge is 0.183 e. The van der Waals surface area contributed by atoms with Gasteiger partial charge in [0.2, 0.25) is 0 Å². The molecule has 0 aromatic rings. The van der Waals surface area contributed by atoms with E-state index in [4.69, 9.17) is 11.7 Å². The van der Waals surface area contributed by atoms with Gasteiger partial charge in [-0.1, -0.05) is 0 Å². The van der Waals surface area contributed by atoms with Crippen molar-refractivity contribution in [1.29, 1.82) is 5.26 Å². The predicted molar refractivity (Wildman–Crippen MR) is 372 cm³/mol. The monoisotopic (exact) mass is 1160 g/mol. The highest BCUT2D eigenvalue weighted by Gasteiger charge is 1.67. The quantitative estimate of drug-likeness (QED) is 0.321. The number of nitrogens with zero attached hydrogens (tertiary/aromatic N) is 1. The molecule has 0 heterocycles. The van der Waals surface area contributed by atoms with Crippen molar-refractivity contribution in [2.24, 2.45) is 0 Å². The molecule has 0 aliphatic rings. The summed E-state index contributed by atoms with van der Waals surface area (Å²) in [5, 5.41) is 8.22. The van der Waals surface area contributed by atoms with Gasteiger partial charge < -0.3 is 0 Å². The van der Waals surface area contributed by atoms with E-state index in [0.717, 1.165) is 0 Å². The van der Waals surface area contributed by atoms with Gasteiger partial charge in [0.05, 0.1) is 0 Å². The van der Waals surface area contributed by atoms with Crippen LogP contribution in [-0.2, 0) is 0 Å². The van der Waals surface area contributed by atoms with Crippen LogP contribution < -0.4 is 0 Å². The Bertz CT molecular complexity index is 6350. The van der Waals surface area contributed by atoms with Gasteiger partial charge >= 0.3 is 0 Å². The van der Waals surface area contributed by atoms with E-state index in [1.54, 1.807) is 6.07 Å². The van der Waals surface area contributed by atoms with Crippen molar-refractivity contribution in [3.05, 3.63) is 0 Å². The molecule has 0 saturated carbocycles. The molecule has 0 saturated heterocycles. The van der Waals surface area contributed by atoms with E-state index < -0.39 is 0 Å². The Labute approximate surface area is 564 Å². The smallest absolute Gasteiger partial charge is 0.153 e. The Morgan fingerprint density at radius 3 is 0.188 bits per heavy atom. The highest BCUT2D eigenvalue weighted by Crippen LogP contribution is 1.67. The zero-order valence-corrected chi connectivity index (χ0v) is 48.0. The van der Waals surface area contributed by atoms with Gasteiger partial charge in [0.1, 0.15) is 0 Å². The molecule has 96 heavy (non-hydrogen) atoms. The number of hydrogen-bond donors (Lipinski definition) is 0. The van der Waals surface area contributed by atoms with Crippen LogP contribution in [0, 0.1) is 568 Å². The van der Waals surface area contributed by atoms with Crippen molar-refractivity contribution in [3.63, 3.8) is 0 Å². The summed E-state index contributed by atoms with van der Waals surface area (Å²) in [5.74, 6) is 230. The molecule has 1 heteroatoms. The second-order valence-corrected chi connectivity index (χ2v) is 11.8. The molecular formula is C95HN. The standard InChI is InChI=1S/C95HN/c1-2-3-4-5-6-7-8-9-10-11-12-13-14-15-16-17-18-19-20-21-22-23-24-25-26-27-28-29-30-31-32-33-34-35-36-37-38-39-40-41-42-43-44-45-46-47-48-49-50-51-52-53-54-55-56-57-58-59-60-61-62-63-64-65-66-67-68-69-70-71-72-73-74-75-76-77-78-79-80-81-82-83-84-85-86-87-88-89-90-91-92-93-94-95-96/h1H. The number of nitriles is 1. The van der Waals surface area contributed by atoms with E-state index in [9.17, 15) is 0 Å². The van der Waals surface area contributed by atoms with Crippen molar-refractivity contribution < 1.29 is 0 Å². The molecule has 0 aromatic carbocycles. The van der Waals surface area contributed by atoms with Crippen molar-refractivity contribution >= 4 is 0 Å². The third-order valence-corrected chi connectivity index (χ3v) is 5.82. The van der Waals surface area contributed by atoms with Gasteiger partial charge in [-0.2, -0.15) is 5.26 Å². The summed E-state index contributed by atoms with van der Waals surface area (Å²) in [7, 11) is 0. The van der Waals surface area contributed by atoms with Gasteiger partial charge in [-0.3, -0.25) is 0 Å². The first kappa shape index (κ1) is 74.8. The molecule has 0 spiro atoms. The lowest BCUT2D eigenvalue weighted by Gasteiger charge is -1.58. The lowest BCUT2D eigenvalue weighted by atomic mass is 10.4. The van der Waals surface area contributed by atoms with E-state index in [1.165, 1.54) is 0 Å². The minimum absolute atomic E-state index is 1.62. The fourth-order valence-electron chi connectivity index (χ4n) is 2.88. The first-order chi connectivity index (χ1) is 47.9. The van der Waals surface area contributed by atoms with Crippen LogP contribution >= 0.6 is 0 Å². The van der Waals surface area contributed by atoms with Crippen LogP contribution in [-0.4, -0.2) is 0 Å². The first-order valence-corrected chi connectivity index (χ1v) is 23.8. The van der Waals surface area contributed by atoms with Gasteiger partial charge in [-0.25, -0.2) is 0 Å². The lowest BCUT2D eigenvalue weighted by Crippen LogP contribution is -1.57. The highest BCUT2D eigenvalue weighted by molar-refractivity contribution is 5.55. The predicted octanol–water partition coefficient (Wildman–Crippen LogP) is 0.300. The third-order valence-electron chi connectivity index (χ3n) is 5.82. The van der Waals surface area contributed by atoms with Crippen LogP contribution in [0.3, 0.4) is 0 Å². The molecule has 0 aliphatic carbocycles. The number of terminal acetylenes is 1. The summed E-state index contributed by atoms with van der Waals surface area (Å²) in [4.78, 5) is 0. The third kappa shape index (κ3) is 72.8. The summed E-state index contributed by atoms with van der Waals surface area (Å²) < 4.78 is 0. The molecule has 0 unspecified atom stereocenters. The maximum Gasteiger partial charge on any atom is 0.153 e. The minimum Gasteiger partial charge on any atom is -0.183 e. The Morgan fingerprint density at radius 1 is 0.0833 bits per heavy atom. The first-order valence-electron chi connectivity index (χ1n) is 23.8. The Morgan fingerprint density at radius 2 is 0.135 bits per heavy atom.